The molecular weight excluding hydrogens is 562 g/mol. The van der Waals surface area contributed by atoms with Gasteiger partial charge in [0, 0.05) is 11.1 Å². The Morgan fingerprint density at radius 2 is 1.09 bits per heavy atom. The Balaban J connectivity index is 1.05. The molecule has 0 bridgehead atoms. The quantitative estimate of drug-likeness (QED) is 0.179. The van der Waals surface area contributed by atoms with Gasteiger partial charge in [-0.15, -0.1) is 0 Å². The molecule has 0 saturated carbocycles. The van der Waals surface area contributed by atoms with Crippen LogP contribution in [-0.2, 0) is 0 Å². The molecule has 0 aliphatic carbocycles. The molecule has 3 N–H and O–H groups in total. The summed E-state index contributed by atoms with van der Waals surface area (Å²) in [6.07, 6.45) is -0.0634. The number of amidine groups is 1. The molecule has 6 aromatic carbocycles. The van der Waals surface area contributed by atoms with Gasteiger partial charge in [0.25, 0.3) is 0 Å². The van der Waals surface area contributed by atoms with E-state index in [0.29, 0.717) is 0 Å². The molecule has 3 unspecified atom stereocenters. The predicted octanol–water partition coefficient (Wildman–Crippen LogP) is 9.27. The molecule has 0 spiro atoms. The topological polar surface area (TPSA) is 51.7 Å². The Kier molecular flexibility index (Phi) is 7.29. The average molecular weight is 598 g/mol. The summed E-state index contributed by atoms with van der Waals surface area (Å²) in [5.41, 5.74) is 11.7. The number of aliphatic imine (C=N–C) groups is 1. The van der Waals surface area contributed by atoms with Gasteiger partial charge in [0.15, 0.2) is 0 Å². The van der Waals surface area contributed by atoms with Gasteiger partial charge in [0.2, 0.25) is 0 Å². The third-order valence-electron chi connectivity index (χ3n) is 8.88. The first kappa shape index (κ1) is 27.9. The minimum atomic E-state index is -0.148. The highest BCUT2D eigenvalue weighted by Gasteiger charge is 2.28. The van der Waals surface area contributed by atoms with Crippen LogP contribution in [0.3, 0.4) is 0 Å². The van der Waals surface area contributed by atoms with E-state index in [4.69, 9.17) is 4.99 Å². The Morgan fingerprint density at radius 3 is 1.83 bits per heavy atom. The standard InChI is InChI=1S/C41H35N5/c1-28-42-36-17-9-11-19-38(36)46(28)37-18-10-8-16-35(37)31-24-20-29(21-25-31)30-22-26-34(27-23-30)41-44-39(32-12-4-2-5-13-32)43-40(45-41)33-14-6-3-7-15-33/h2-28,39,41-42,44H,1H3,(H,43,45). The van der Waals surface area contributed by atoms with Gasteiger partial charge >= 0.3 is 0 Å². The number of rotatable bonds is 6. The number of anilines is 3. The van der Waals surface area contributed by atoms with E-state index in [0.717, 1.165) is 22.5 Å². The predicted molar refractivity (Wildman–Crippen MR) is 190 cm³/mol. The van der Waals surface area contributed by atoms with Crippen LogP contribution in [0.15, 0.2) is 163 Å². The molecule has 0 saturated heterocycles. The van der Waals surface area contributed by atoms with Crippen molar-refractivity contribution in [3.8, 4) is 22.3 Å². The summed E-state index contributed by atoms with van der Waals surface area (Å²) in [6, 6.07) is 55.7. The van der Waals surface area contributed by atoms with Crippen molar-refractivity contribution in [3.05, 3.63) is 174 Å². The summed E-state index contributed by atoms with van der Waals surface area (Å²) in [5.74, 6) is 0.890. The SMILES string of the molecule is CC1Nc2ccccc2N1c1ccccc1-c1ccc(-c2ccc(C3NC(c4ccccc4)=NC(c4ccccc4)N3)cc2)cc1. The number of benzene rings is 6. The molecule has 5 nitrogen and oxygen atoms in total. The van der Waals surface area contributed by atoms with E-state index < -0.39 is 0 Å². The molecule has 46 heavy (non-hydrogen) atoms. The summed E-state index contributed by atoms with van der Waals surface area (Å²) in [4.78, 5) is 7.42. The number of nitrogens with zero attached hydrogens (tertiary/aromatic N) is 2. The molecule has 0 fully saturated rings. The van der Waals surface area contributed by atoms with Crippen LogP contribution in [0.4, 0.5) is 17.1 Å². The maximum absolute atomic E-state index is 5.03. The fourth-order valence-electron chi connectivity index (χ4n) is 6.56. The van der Waals surface area contributed by atoms with Crippen LogP contribution in [0.1, 0.15) is 35.9 Å². The highest BCUT2D eigenvalue weighted by molar-refractivity contribution is 5.99. The molecule has 2 aliphatic heterocycles. The summed E-state index contributed by atoms with van der Waals surface area (Å²) in [7, 11) is 0. The zero-order valence-corrected chi connectivity index (χ0v) is 25.6. The highest BCUT2D eigenvalue weighted by Crippen LogP contribution is 2.43. The second kappa shape index (κ2) is 12.0. The van der Waals surface area contributed by atoms with Crippen molar-refractivity contribution in [3.63, 3.8) is 0 Å². The summed E-state index contributed by atoms with van der Waals surface area (Å²) < 4.78 is 0. The van der Waals surface area contributed by atoms with Crippen LogP contribution in [0.25, 0.3) is 22.3 Å². The monoisotopic (exact) mass is 597 g/mol. The summed E-state index contributed by atoms with van der Waals surface area (Å²) in [5, 5.41) is 11.0. The fourth-order valence-corrected chi connectivity index (χ4v) is 6.56. The minimum absolute atomic E-state index is 0.0848. The number of hydrogen-bond donors (Lipinski definition) is 3. The lowest BCUT2D eigenvalue weighted by Gasteiger charge is -2.32. The van der Waals surface area contributed by atoms with E-state index in [1.54, 1.807) is 0 Å². The van der Waals surface area contributed by atoms with Crippen LogP contribution >= 0.6 is 0 Å². The number of para-hydroxylation sites is 3. The van der Waals surface area contributed by atoms with E-state index in [-0.39, 0.29) is 18.5 Å². The van der Waals surface area contributed by atoms with Crippen molar-refractivity contribution >= 4 is 22.9 Å². The van der Waals surface area contributed by atoms with Crippen molar-refractivity contribution in [2.75, 3.05) is 10.2 Å². The van der Waals surface area contributed by atoms with Gasteiger partial charge < -0.3 is 15.5 Å². The van der Waals surface area contributed by atoms with E-state index >= 15 is 0 Å². The Hall–Kier alpha value is -5.65. The molecule has 8 rings (SSSR count). The Bertz CT molecular complexity index is 1990. The molecule has 2 heterocycles. The molecule has 3 atom stereocenters. The molecular formula is C41H35N5. The van der Waals surface area contributed by atoms with Gasteiger partial charge in [-0.2, -0.15) is 0 Å². The zero-order chi connectivity index (χ0) is 30.9. The van der Waals surface area contributed by atoms with Crippen molar-refractivity contribution in [1.29, 1.82) is 0 Å². The lowest BCUT2D eigenvalue weighted by molar-refractivity contribution is 0.409. The van der Waals surface area contributed by atoms with E-state index in [1.165, 1.54) is 39.3 Å². The third kappa shape index (κ3) is 5.31. The third-order valence-corrected chi connectivity index (χ3v) is 8.88. The van der Waals surface area contributed by atoms with Gasteiger partial charge in [-0.1, -0.05) is 140 Å². The Labute approximate surface area is 270 Å². The van der Waals surface area contributed by atoms with E-state index in [9.17, 15) is 0 Å². The van der Waals surface area contributed by atoms with Crippen LogP contribution in [0, 0.1) is 0 Å². The first-order valence-corrected chi connectivity index (χ1v) is 15.9. The van der Waals surface area contributed by atoms with Gasteiger partial charge in [-0.25, -0.2) is 4.99 Å². The number of fused-ring (bicyclic) bond motifs is 1. The maximum atomic E-state index is 5.03. The first-order chi connectivity index (χ1) is 22.7. The van der Waals surface area contributed by atoms with E-state index in [2.05, 4.69) is 173 Å². The van der Waals surface area contributed by atoms with Crippen LogP contribution in [0.2, 0.25) is 0 Å². The zero-order valence-electron chi connectivity index (χ0n) is 25.6. The fraction of sp³-hybridized carbons (Fsp3) is 0.0976. The summed E-state index contributed by atoms with van der Waals surface area (Å²) >= 11 is 0. The van der Waals surface area contributed by atoms with Crippen molar-refractivity contribution in [1.82, 2.24) is 10.6 Å². The van der Waals surface area contributed by atoms with Gasteiger partial charge in [-0.3, -0.25) is 5.32 Å². The maximum Gasteiger partial charge on any atom is 0.131 e. The molecule has 0 amide bonds. The number of hydrogen-bond acceptors (Lipinski definition) is 5. The van der Waals surface area contributed by atoms with Gasteiger partial charge in [0.05, 0.1) is 17.1 Å². The number of nitrogens with one attached hydrogen (secondary N) is 3. The lowest BCUT2D eigenvalue weighted by Crippen LogP contribution is -2.44. The van der Waals surface area contributed by atoms with Crippen LogP contribution in [-0.4, -0.2) is 12.0 Å². The van der Waals surface area contributed by atoms with E-state index in [1.807, 2.05) is 12.1 Å². The largest absolute Gasteiger partial charge is 0.363 e. The van der Waals surface area contributed by atoms with Crippen LogP contribution in [0.5, 0.6) is 0 Å². The average Bonchev–Trinajstić information content (AvgIpc) is 3.47. The first-order valence-electron chi connectivity index (χ1n) is 15.9. The second-order valence-electron chi connectivity index (χ2n) is 11.8. The molecule has 224 valence electrons. The molecule has 0 aromatic heterocycles. The Morgan fingerprint density at radius 1 is 0.500 bits per heavy atom. The molecule has 5 heteroatoms. The lowest BCUT2D eigenvalue weighted by atomic mass is 9.97. The molecule has 2 aliphatic rings. The van der Waals surface area contributed by atoms with Gasteiger partial charge in [-0.05, 0) is 52.9 Å². The molecule has 6 aromatic rings. The summed E-state index contributed by atoms with van der Waals surface area (Å²) in [6.45, 7) is 2.21. The van der Waals surface area contributed by atoms with Crippen molar-refractivity contribution in [2.24, 2.45) is 4.99 Å². The minimum Gasteiger partial charge on any atom is -0.363 e. The van der Waals surface area contributed by atoms with Gasteiger partial charge in [0.1, 0.15) is 24.3 Å². The smallest absolute Gasteiger partial charge is 0.131 e. The van der Waals surface area contributed by atoms with Crippen LogP contribution < -0.4 is 20.9 Å². The van der Waals surface area contributed by atoms with Crippen molar-refractivity contribution < 1.29 is 0 Å². The normalized spacial score (nSPS) is 18.7. The highest BCUT2D eigenvalue weighted by atomic mass is 15.3. The van der Waals surface area contributed by atoms with Crippen molar-refractivity contribution in [2.45, 2.75) is 25.4 Å². The second-order valence-corrected chi connectivity index (χ2v) is 11.8. The molecule has 0 radical (unpaired) electrons.